The van der Waals surface area contributed by atoms with Crippen LogP contribution in [0.3, 0.4) is 0 Å². The van der Waals surface area contributed by atoms with E-state index in [1.165, 1.54) is 12.3 Å². The van der Waals surface area contributed by atoms with Crippen LogP contribution in [0.5, 0.6) is 0 Å². The number of ether oxygens (including phenoxy) is 3. The molecular weight excluding hydrogens is 324 g/mol. The van der Waals surface area contributed by atoms with Crippen LogP contribution in [0.25, 0.3) is 0 Å². The summed E-state index contributed by atoms with van der Waals surface area (Å²) in [4.78, 5) is 23.6. The van der Waals surface area contributed by atoms with Gasteiger partial charge in [-0.1, -0.05) is 12.1 Å². The van der Waals surface area contributed by atoms with Crippen LogP contribution in [0.2, 0.25) is 0 Å². The highest BCUT2D eigenvalue weighted by atomic mass is 16.7. The Balaban J connectivity index is 1.65. The minimum absolute atomic E-state index is 0.250. The molecule has 0 amide bonds. The van der Waals surface area contributed by atoms with Gasteiger partial charge >= 0.3 is 11.9 Å². The fourth-order valence-electron chi connectivity index (χ4n) is 3.66. The summed E-state index contributed by atoms with van der Waals surface area (Å²) in [5, 5.41) is 10.7. The molecule has 6 heteroatoms. The monoisotopic (exact) mass is 342 g/mol. The molecule has 2 aliphatic heterocycles. The van der Waals surface area contributed by atoms with Crippen molar-refractivity contribution in [2.45, 2.75) is 39.3 Å². The minimum atomic E-state index is -0.864. The average molecular weight is 342 g/mol. The van der Waals surface area contributed by atoms with Crippen LogP contribution < -0.4 is 0 Å². The highest BCUT2D eigenvalue weighted by Gasteiger charge is 2.52. The lowest BCUT2D eigenvalue weighted by atomic mass is 9.95. The Labute approximate surface area is 144 Å². The van der Waals surface area contributed by atoms with Gasteiger partial charge < -0.3 is 19.3 Å². The Morgan fingerprint density at radius 2 is 1.88 bits per heavy atom. The first-order valence-corrected chi connectivity index (χ1v) is 8.12. The van der Waals surface area contributed by atoms with Crippen LogP contribution in [-0.4, -0.2) is 23.3 Å². The molecule has 0 bridgehead atoms. The molecule has 25 heavy (non-hydrogen) atoms. The van der Waals surface area contributed by atoms with Gasteiger partial charge in [-0.3, -0.25) is 0 Å². The zero-order valence-electron chi connectivity index (χ0n) is 14.1. The van der Waals surface area contributed by atoms with Gasteiger partial charge in [0.1, 0.15) is 6.10 Å². The van der Waals surface area contributed by atoms with E-state index in [0.717, 1.165) is 22.3 Å². The van der Waals surface area contributed by atoms with Crippen molar-refractivity contribution >= 4 is 11.9 Å². The van der Waals surface area contributed by atoms with Gasteiger partial charge in [0.2, 0.25) is 0 Å². The molecule has 4 rings (SSSR count). The van der Waals surface area contributed by atoms with Crippen LogP contribution in [-0.2, 0) is 23.8 Å². The molecule has 4 atom stereocenters. The van der Waals surface area contributed by atoms with Crippen LogP contribution in [0, 0.1) is 19.8 Å². The van der Waals surface area contributed by atoms with Gasteiger partial charge in [0.15, 0.2) is 0 Å². The molecule has 0 aromatic heterocycles. The lowest BCUT2D eigenvalue weighted by Crippen LogP contribution is -2.14. The summed E-state index contributed by atoms with van der Waals surface area (Å²) in [7, 11) is 0. The molecule has 2 heterocycles. The third kappa shape index (κ3) is 2.28. The van der Waals surface area contributed by atoms with E-state index in [4.69, 9.17) is 14.2 Å². The average Bonchev–Trinajstić information content (AvgIpc) is 3.15. The van der Waals surface area contributed by atoms with Crippen molar-refractivity contribution in [1.29, 1.82) is 0 Å². The number of cyclic esters (lactones) is 1. The highest BCUT2D eigenvalue weighted by molar-refractivity contribution is 5.92. The summed E-state index contributed by atoms with van der Waals surface area (Å²) in [6.45, 7) is 5.57. The minimum Gasteiger partial charge on any atom is -0.458 e. The molecule has 1 aromatic carbocycles. The molecule has 1 N–H and O–H groups in total. The molecule has 0 saturated carbocycles. The van der Waals surface area contributed by atoms with Gasteiger partial charge in [0.05, 0.1) is 23.9 Å². The second-order valence-electron chi connectivity index (χ2n) is 6.64. The van der Waals surface area contributed by atoms with Crippen molar-refractivity contribution < 1.29 is 28.9 Å². The lowest BCUT2D eigenvalue weighted by molar-refractivity contribution is -0.152. The summed E-state index contributed by atoms with van der Waals surface area (Å²) in [5.74, 6) is -1.49. The van der Waals surface area contributed by atoms with Gasteiger partial charge in [-0.15, -0.1) is 0 Å². The SMILES string of the molecule is CC1=CC(OC=C2C(=O)OC3c4c(ccc(C)c4C)C(O)C23)OC1=O. The number of carbonyl (C=O) groups excluding carboxylic acids is 2. The standard InChI is InChI=1S/C19H18O6/c1-8-4-5-11-14(10(8)3)17-15(16(11)20)12(19(22)25-17)7-23-13-6-9(2)18(21)24-13/h4-7,13,15-17,20H,1-3H3. The largest absolute Gasteiger partial charge is 0.458 e. The van der Waals surface area contributed by atoms with E-state index in [1.54, 1.807) is 6.92 Å². The number of hydrogen-bond acceptors (Lipinski definition) is 6. The Kier molecular flexibility index (Phi) is 3.47. The fraction of sp³-hybridized carbons (Fsp3) is 0.368. The Morgan fingerprint density at radius 3 is 2.56 bits per heavy atom. The maximum atomic E-state index is 12.3. The van der Waals surface area contributed by atoms with Crippen molar-refractivity contribution in [3.05, 3.63) is 57.9 Å². The second-order valence-corrected chi connectivity index (χ2v) is 6.64. The summed E-state index contributed by atoms with van der Waals surface area (Å²) in [6.07, 6.45) is 0.554. The Hall–Kier alpha value is -2.60. The smallest absolute Gasteiger partial charge is 0.338 e. The van der Waals surface area contributed by atoms with E-state index in [0.29, 0.717) is 5.57 Å². The molecule has 3 aliphatic rings. The zero-order valence-corrected chi connectivity index (χ0v) is 14.1. The number of aliphatic hydroxyl groups excluding tert-OH is 1. The van der Waals surface area contributed by atoms with Crippen LogP contribution in [0.15, 0.2) is 35.6 Å². The summed E-state index contributed by atoms with van der Waals surface area (Å²) >= 11 is 0. The van der Waals surface area contributed by atoms with E-state index in [2.05, 4.69) is 0 Å². The molecule has 0 radical (unpaired) electrons. The number of fused-ring (bicyclic) bond motifs is 3. The van der Waals surface area contributed by atoms with Crippen molar-refractivity contribution in [1.82, 2.24) is 0 Å². The number of rotatable bonds is 2. The number of hydrogen-bond donors (Lipinski definition) is 1. The first-order valence-electron chi connectivity index (χ1n) is 8.12. The van der Waals surface area contributed by atoms with Crippen LogP contribution in [0.4, 0.5) is 0 Å². The van der Waals surface area contributed by atoms with Crippen molar-refractivity contribution in [3.8, 4) is 0 Å². The first-order chi connectivity index (χ1) is 11.9. The summed E-state index contributed by atoms with van der Waals surface area (Å²) in [6, 6.07) is 3.82. The molecule has 1 aliphatic carbocycles. The molecule has 4 unspecified atom stereocenters. The predicted octanol–water partition coefficient (Wildman–Crippen LogP) is 2.29. The predicted molar refractivity (Wildman–Crippen MR) is 86.0 cm³/mol. The number of aryl methyl sites for hydroxylation is 1. The van der Waals surface area contributed by atoms with E-state index in [-0.39, 0.29) is 5.57 Å². The van der Waals surface area contributed by atoms with Crippen LogP contribution >= 0.6 is 0 Å². The summed E-state index contributed by atoms with van der Waals surface area (Å²) < 4.78 is 15.9. The normalized spacial score (nSPS) is 31.5. The third-order valence-electron chi connectivity index (χ3n) is 5.18. The van der Waals surface area contributed by atoms with Crippen molar-refractivity contribution in [3.63, 3.8) is 0 Å². The highest BCUT2D eigenvalue weighted by Crippen LogP contribution is 2.54. The number of esters is 2. The number of benzene rings is 1. The zero-order chi connectivity index (χ0) is 17.9. The molecular formula is C19H18O6. The van der Waals surface area contributed by atoms with Gasteiger partial charge in [-0.2, -0.15) is 0 Å². The van der Waals surface area contributed by atoms with E-state index in [1.807, 2.05) is 26.0 Å². The van der Waals surface area contributed by atoms with E-state index >= 15 is 0 Å². The quantitative estimate of drug-likeness (QED) is 0.504. The lowest BCUT2D eigenvalue weighted by Gasteiger charge is -2.13. The van der Waals surface area contributed by atoms with Gasteiger partial charge in [-0.25, -0.2) is 9.59 Å². The number of aliphatic hydroxyl groups is 1. The second kappa shape index (κ2) is 5.46. The van der Waals surface area contributed by atoms with Gasteiger partial charge in [0, 0.05) is 17.2 Å². The Bertz CT molecular complexity index is 850. The molecule has 130 valence electrons. The van der Waals surface area contributed by atoms with Crippen LogP contribution in [0.1, 0.15) is 41.4 Å². The van der Waals surface area contributed by atoms with Crippen molar-refractivity contribution in [2.24, 2.45) is 5.92 Å². The maximum absolute atomic E-state index is 12.3. The number of carbonyl (C=O) groups is 2. The molecule has 0 spiro atoms. The molecule has 6 nitrogen and oxygen atoms in total. The fourth-order valence-corrected chi connectivity index (χ4v) is 3.66. The summed E-state index contributed by atoms with van der Waals surface area (Å²) in [5.41, 5.74) is 4.45. The first kappa shape index (κ1) is 15.9. The molecule has 1 aromatic rings. The topological polar surface area (TPSA) is 82.1 Å². The molecule has 1 fully saturated rings. The van der Waals surface area contributed by atoms with E-state index in [9.17, 15) is 14.7 Å². The molecule has 1 saturated heterocycles. The Morgan fingerprint density at radius 1 is 1.12 bits per heavy atom. The van der Waals surface area contributed by atoms with Crippen molar-refractivity contribution in [2.75, 3.05) is 0 Å². The van der Waals surface area contributed by atoms with Gasteiger partial charge in [-0.05, 0) is 37.5 Å². The third-order valence-corrected chi connectivity index (χ3v) is 5.18. The maximum Gasteiger partial charge on any atom is 0.338 e. The van der Waals surface area contributed by atoms with E-state index < -0.39 is 36.4 Å². The van der Waals surface area contributed by atoms with Gasteiger partial charge in [0.25, 0.3) is 6.29 Å².